The van der Waals surface area contributed by atoms with Gasteiger partial charge in [0.2, 0.25) is 5.91 Å². The van der Waals surface area contributed by atoms with Crippen molar-refractivity contribution in [1.82, 2.24) is 24.6 Å². The highest BCUT2D eigenvalue weighted by Gasteiger charge is 2.36. The van der Waals surface area contributed by atoms with Gasteiger partial charge in [-0.15, -0.1) is 0 Å². The summed E-state index contributed by atoms with van der Waals surface area (Å²) in [6.07, 6.45) is 4.93. The molecule has 1 aliphatic carbocycles. The molecule has 7 heteroatoms. The summed E-state index contributed by atoms with van der Waals surface area (Å²) in [5.74, 6) is 1.46. The molecule has 0 bridgehead atoms. The maximum absolute atomic E-state index is 12.5. The van der Waals surface area contributed by atoms with E-state index < -0.39 is 0 Å². The maximum atomic E-state index is 12.5. The number of hydrogen-bond donors (Lipinski definition) is 2. The first-order valence-corrected chi connectivity index (χ1v) is 11.3. The third-order valence-corrected chi connectivity index (χ3v) is 6.75. The quantitative estimate of drug-likeness (QED) is 0.510. The number of H-pyrrole nitrogens is 2. The van der Waals surface area contributed by atoms with E-state index in [0.29, 0.717) is 18.3 Å². The van der Waals surface area contributed by atoms with Gasteiger partial charge < -0.3 is 9.88 Å². The second kappa shape index (κ2) is 7.51. The van der Waals surface area contributed by atoms with Gasteiger partial charge in [-0.05, 0) is 53.8 Å². The van der Waals surface area contributed by atoms with E-state index in [4.69, 9.17) is 0 Å². The summed E-state index contributed by atoms with van der Waals surface area (Å²) < 4.78 is 1.72. The van der Waals surface area contributed by atoms with E-state index in [1.165, 1.54) is 5.39 Å². The number of hydrogen-bond acceptors (Lipinski definition) is 3. The van der Waals surface area contributed by atoms with E-state index in [0.717, 1.165) is 54.6 Å². The van der Waals surface area contributed by atoms with Crippen LogP contribution < -0.4 is 5.69 Å². The van der Waals surface area contributed by atoms with E-state index in [2.05, 4.69) is 51.6 Å². The third-order valence-electron chi connectivity index (χ3n) is 6.75. The zero-order chi connectivity index (χ0) is 21.7. The van der Waals surface area contributed by atoms with Crippen LogP contribution in [0.5, 0.6) is 0 Å². The van der Waals surface area contributed by atoms with Crippen LogP contribution in [0.15, 0.2) is 59.5 Å². The third kappa shape index (κ3) is 3.43. The minimum absolute atomic E-state index is 0.201. The molecule has 2 aliphatic rings. The van der Waals surface area contributed by atoms with Crippen LogP contribution in [0.1, 0.15) is 19.3 Å². The smallest absolute Gasteiger partial charge is 0.343 e. The van der Waals surface area contributed by atoms with Gasteiger partial charge in [-0.25, -0.2) is 9.89 Å². The molecule has 0 unspecified atom stereocenters. The molecule has 0 radical (unpaired) electrons. The first-order valence-electron chi connectivity index (χ1n) is 11.3. The van der Waals surface area contributed by atoms with Crippen LogP contribution in [-0.4, -0.2) is 43.6 Å². The largest absolute Gasteiger partial charge is 0.361 e. The number of nitrogens with one attached hydrogen (secondary N) is 2. The number of likely N-dealkylation sites (tertiary alicyclic amines) is 1. The minimum atomic E-state index is -0.201. The molecule has 2 fully saturated rings. The molecule has 1 saturated carbocycles. The van der Waals surface area contributed by atoms with Crippen molar-refractivity contribution in [2.75, 3.05) is 13.1 Å². The first kappa shape index (κ1) is 19.1. The lowest BCUT2D eigenvalue weighted by atomic mass is 10.0. The minimum Gasteiger partial charge on any atom is -0.361 e. The van der Waals surface area contributed by atoms with Crippen LogP contribution in [0.25, 0.3) is 33.4 Å². The van der Waals surface area contributed by atoms with Gasteiger partial charge in [-0.1, -0.05) is 36.4 Å². The van der Waals surface area contributed by atoms with Gasteiger partial charge >= 0.3 is 5.69 Å². The Balaban J connectivity index is 1.22. The Morgan fingerprint density at radius 2 is 1.78 bits per heavy atom. The number of aromatic nitrogens is 4. The van der Waals surface area contributed by atoms with Gasteiger partial charge in [0.15, 0.2) is 5.82 Å². The second-order valence-electron chi connectivity index (χ2n) is 9.03. The highest BCUT2D eigenvalue weighted by molar-refractivity contribution is 5.85. The number of rotatable bonds is 5. The summed E-state index contributed by atoms with van der Waals surface area (Å²) in [5.41, 5.74) is 4.06. The monoisotopic (exact) mass is 427 g/mol. The molecule has 0 spiro atoms. The van der Waals surface area contributed by atoms with Gasteiger partial charge in [-0.3, -0.25) is 9.36 Å². The highest BCUT2D eigenvalue weighted by Crippen LogP contribution is 2.33. The zero-order valence-electron chi connectivity index (χ0n) is 17.8. The van der Waals surface area contributed by atoms with Crippen molar-refractivity contribution < 1.29 is 4.79 Å². The van der Waals surface area contributed by atoms with Crippen molar-refractivity contribution in [3.05, 3.63) is 65.2 Å². The van der Waals surface area contributed by atoms with Crippen LogP contribution in [-0.2, 0) is 11.3 Å². The number of carbonyl (C=O) groups is 1. The molecule has 1 saturated heterocycles. The molecule has 7 nitrogen and oxygen atoms in total. The maximum Gasteiger partial charge on any atom is 0.343 e. The Morgan fingerprint density at radius 1 is 1.00 bits per heavy atom. The number of amides is 1. The lowest BCUT2D eigenvalue weighted by Gasteiger charge is -2.16. The van der Waals surface area contributed by atoms with Crippen LogP contribution in [0, 0.1) is 11.8 Å². The van der Waals surface area contributed by atoms with E-state index in [1.54, 1.807) is 4.57 Å². The summed E-state index contributed by atoms with van der Waals surface area (Å²) in [6, 6.07) is 16.6. The van der Waals surface area contributed by atoms with E-state index in [-0.39, 0.29) is 17.5 Å². The fraction of sp³-hybridized carbons (Fsp3) is 0.320. The summed E-state index contributed by atoms with van der Waals surface area (Å²) in [4.78, 5) is 30.1. The van der Waals surface area contributed by atoms with Crippen LogP contribution in [0.3, 0.4) is 0 Å². The topological polar surface area (TPSA) is 86.8 Å². The van der Waals surface area contributed by atoms with Crippen molar-refractivity contribution in [3.63, 3.8) is 0 Å². The molecule has 3 heterocycles. The number of fused-ring (bicyclic) bond motifs is 1. The van der Waals surface area contributed by atoms with Crippen LogP contribution in [0.4, 0.5) is 0 Å². The number of benzene rings is 2. The molecule has 1 atom stereocenters. The fourth-order valence-electron chi connectivity index (χ4n) is 4.78. The summed E-state index contributed by atoms with van der Waals surface area (Å²) in [5, 5.41) is 8.09. The van der Waals surface area contributed by atoms with Crippen molar-refractivity contribution in [3.8, 4) is 22.5 Å². The first-order chi connectivity index (χ1) is 15.7. The average molecular weight is 428 g/mol. The Labute approximate surface area is 185 Å². The fourth-order valence-corrected chi connectivity index (χ4v) is 4.78. The Hall–Kier alpha value is -3.61. The number of nitrogens with zero attached hydrogens (tertiary/aromatic N) is 3. The molecule has 4 aromatic rings. The van der Waals surface area contributed by atoms with Crippen molar-refractivity contribution >= 4 is 16.8 Å². The normalized spacial score (nSPS) is 18.5. The highest BCUT2D eigenvalue weighted by atomic mass is 16.2. The summed E-state index contributed by atoms with van der Waals surface area (Å²) in [6.45, 7) is 2.10. The standard InChI is InChI=1S/C25H25N5O2/c31-24(20-6-7-20)29-12-10-16(14-29)15-30-23(27-28-25(30)32)19-4-1-17(2-5-19)21-8-3-18-9-11-26-22(18)13-21/h1-5,8-9,11,13,16,20,26H,6-7,10,12,14-15H2,(H,28,32)/t16-/m1/s1. The van der Waals surface area contributed by atoms with E-state index in [9.17, 15) is 9.59 Å². The van der Waals surface area contributed by atoms with Gasteiger partial charge in [0.05, 0.1) is 0 Å². The lowest BCUT2D eigenvalue weighted by Crippen LogP contribution is -2.31. The second-order valence-corrected chi connectivity index (χ2v) is 9.03. The molecule has 2 N–H and O–H groups in total. The van der Waals surface area contributed by atoms with E-state index in [1.807, 2.05) is 23.2 Å². The molecule has 2 aromatic carbocycles. The Bertz CT molecular complexity index is 1340. The molecule has 32 heavy (non-hydrogen) atoms. The predicted octanol–water partition coefficient (Wildman–Crippen LogP) is 3.65. The van der Waals surface area contributed by atoms with Gasteiger partial charge in [0.1, 0.15) is 0 Å². The average Bonchev–Trinajstić information content (AvgIpc) is 3.21. The van der Waals surface area contributed by atoms with Gasteiger partial charge in [0.25, 0.3) is 0 Å². The molecular weight excluding hydrogens is 402 g/mol. The lowest BCUT2D eigenvalue weighted by molar-refractivity contribution is -0.131. The molecule has 162 valence electrons. The van der Waals surface area contributed by atoms with Crippen LogP contribution >= 0.6 is 0 Å². The SMILES string of the molecule is O=C(C1CC1)N1CC[C@@H](Cn2c(-c3ccc(-c4ccc5cc[nH]c5c4)cc3)n[nH]c2=O)C1. The number of carbonyl (C=O) groups excluding carboxylic acids is 1. The van der Waals surface area contributed by atoms with Crippen molar-refractivity contribution in [2.24, 2.45) is 11.8 Å². The molecule has 1 aliphatic heterocycles. The Morgan fingerprint density at radius 3 is 2.59 bits per heavy atom. The molecule has 6 rings (SSSR count). The number of aromatic amines is 2. The molecule has 1 amide bonds. The predicted molar refractivity (Wildman–Crippen MR) is 123 cm³/mol. The van der Waals surface area contributed by atoms with Crippen LogP contribution in [0.2, 0.25) is 0 Å². The van der Waals surface area contributed by atoms with Crippen molar-refractivity contribution in [1.29, 1.82) is 0 Å². The Kier molecular flexibility index (Phi) is 4.48. The summed E-state index contributed by atoms with van der Waals surface area (Å²) >= 11 is 0. The van der Waals surface area contributed by atoms with Gasteiger partial charge in [-0.2, -0.15) is 5.10 Å². The molecular formula is C25H25N5O2. The van der Waals surface area contributed by atoms with E-state index >= 15 is 0 Å². The van der Waals surface area contributed by atoms with Crippen molar-refractivity contribution in [2.45, 2.75) is 25.8 Å². The summed E-state index contributed by atoms with van der Waals surface area (Å²) in [7, 11) is 0. The van der Waals surface area contributed by atoms with Gasteiger partial charge in [0, 0.05) is 42.8 Å². The zero-order valence-corrected chi connectivity index (χ0v) is 17.8. The molecule has 2 aromatic heterocycles.